The molecule has 4 rings (SSSR count). The minimum absolute atomic E-state index is 0.0277. The molecule has 22 heavy (non-hydrogen) atoms. The number of aromatic nitrogens is 2. The predicted octanol–water partition coefficient (Wildman–Crippen LogP) is 4.16. The number of rotatable bonds is 3. The van der Waals surface area contributed by atoms with Crippen molar-refractivity contribution >= 4 is 33.3 Å². The Labute approximate surface area is 136 Å². The number of fused-ring (bicyclic) bond motifs is 3. The van der Waals surface area contributed by atoms with Crippen molar-refractivity contribution in [3.8, 4) is 0 Å². The fraction of sp³-hybridized carbons (Fsp3) is 0.294. The second-order valence-corrected chi connectivity index (χ2v) is 7.58. The molecule has 1 N–H and O–H groups in total. The van der Waals surface area contributed by atoms with Gasteiger partial charge in [0.15, 0.2) is 5.16 Å². The van der Waals surface area contributed by atoms with Crippen LogP contribution in [0.15, 0.2) is 40.3 Å². The molecule has 0 unspecified atom stereocenters. The van der Waals surface area contributed by atoms with Crippen molar-refractivity contribution < 1.29 is 0 Å². The van der Waals surface area contributed by atoms with Gasteiger partial charge in [-0.05, 0) is 36.8 Å². The minimum Gasteiger partial charge on any atom is -0.301 e. The maximum Gasteiger partial charge on any atom is 0.260 e. The minimum atomic E-state index is 0.0277. The van der Waals surface area contributed by atoms with Gasteiger partial charge in [-0.1, -0.05) is 42.1 Å². The molecule has 0 bridgehead atoms. The zero-order chi connectivity index (χ0) is 14.9. The number of aromatic amines is 1. The molecule has 0 fully saturated rings. The smallest absolute Gasteiger partial charge is 0.260 e. The first kappa shape index (κ1) is 14.0. The van der Waals surface area contributed by atoms with Crippen molar-refractivity contribution in [3.63, 3.8) is 0 Å². The second kappa shape index (κ2) is 5.89. The van der Waals surface area contributed by atoms with Gasteiger partial charge in [-0.2, -0.15) is 0 Å². The van der Waals surface area contributed by atoms with Crippen LogP contribution in [-0.2, 0) is 18.6 Å². The second-order valence-electron chi connectivity index (χ2n) is 5.54. The predicted molar refractivity (Wildman–Crippen MR) is 92.9 cm³/mol. The first-order chi connectivity index (χ1) is 10.8. The Morgan fingerprint density at radius 2 is 2.00 bits per heavy atom. The number of H-pyrrole nitrogens is 1. The SMILES string of the molecule is O=c1[nH]c(SCc2ccccc2)nc2sc3c(c12)CCCC3. The van der Waals surface area contributed by atoms with E-state index in [1.54, 1.807) is 23.1 Å². The van der Waals surface area contributed by atoms with E-state index in [0.29, 0.717) is 0 Å². The molecule has 1 aliphatic carbocycles. The molecule has 1 aromatic carbocycles. The first-order valence-electron chi connectivity index (χ1n) is 7.52. The number of nitrogens with zero attached hydrogens (tertiary/aromatic N) is 1. The van der Waals surface area contributed by atoms with Crippen LogP contribution in [0, 0.1) is 0 Å². The van der Waals surface area contributed by atoms with E-state index in [0.717, 1.165) is 34.0 Å². The van der Waals surface area contributed by atoms with Gasteiger partial charge in [0.2, 0.25) is 0 Å². The van der Waals surface area contributed by atoms with E-state index in [4.69, 9.17) is 0 Å². The van der Waals surface area contributed by atoms with E-state index in [2.05, 4.69) is 22.1 Å². The van der Waals surface area contributed by atoms with Crippen molar-refractivity contribution in [2.75, 3.05) is 0 Å². The molecule has 2 aromatic heterocycles. The van der Waals surface area contributed by atoms with Gasteiger partial charge >= 0.3 is 0 Å². The highest BCUT2D eigenvalue weighted by molar-refractivity contribution is 7.98. The number of thiophene rings is 1. The third-order valence-electron chi connectivity index (χ3n) is 4.02. The fourth-order valence-corrected chi connectivity index (χ4v) is 5.07. The molecule has 0 atom stereocenters. The Bertz CT molecular complexity index is 867. The van der Waals surface area contributed by atoms with Crippen molar-refractivity contribution in [2.45, 2.75) is 36.6 Å². The third-order valence-corrected chi connectivity index (χ3v) is 6.15. The molecule has 0 saturated heterocycles. The van der Waals surface area contributed by atoms with Crippen molar-refractivity contribution in [1.29, 1.82) is 0 Å². The lowest BCUT2D eigenvalue weighted by Crippen LogP contribution is -2.10. The van der Waals surface area contributed by atoms with Gasteiger partial charge in [0.1, 0.15) is 4.83 Å². The molecule has 3 aromatic rings. The fourth-order valence-electron chi connectivity index (χ4n) is 2.94. The van der Waals surface area contributed by atoms with Gasteiger partial charge in [0.25, 0.3) is 5.56 Å². The summed E-state index contributed by atoms with van der Waals surface area (Å²) in [5, 5.41) is 1.56. The molecular formula is C17H16N2OS2. The average Bonchev–Trinajstić information content (AvgIpc) is 2.92. The molecule has 3 nitrogen and oxygen atoms in total. The van der Waals surface area contributed by atoms with E-state index >= 15 is 0 Å². The van der Waals surface area contributed by atoms with Crippen LogP contribution in [-0.4, -0.2) is 9.97 Å². The summed E-state index contributed by atoms with van der Waals surface area (Å²) in [6.45, 7) is 0. The molecule has 0 amide bonds. The summed E-state index contributed by atoms with van der Waals surface area (Å²) in [6.07, 6.45) is 4.54. The number of hydrogen-bond acceptors (Lipinski definition) is 4. The van der Waals surface area contributed by atoms with Crippen LogP contribution >= 0.6 is 23.1 Å². The quantitative estimate of drug-likeness (QED) is 0.580. The molecular weight excluding hydrogens is 312 g/mol. The highest BCUT2D eigenvalue weighted by Gasteiger charge is 2.19. The summed E-state index contributed by atoms with van der Waals surface area (Å²) in [4.78, 5) is 22.4. The van der Waals surface area contributed by atoms with E-state index in [1.165, 1.54) is 28.8 Å². The molecule has 1 aliphatic rings. The molecule has 0 spiro atoms. The van der Waals surface area contributed by atoms with Crippen LogP contribution in [0.3, 0.4) is 0 Å². The Hall–Kier alpha value is -1.59. The van der Waals surface area contributed by atoms with Crippen LogP contribution < -0.4 is 5.56 Å². The van der Waals surface area contributed by atoms with Crippen LogP contribution in [0.5, 0.6) is 0 Å². The highest BCUT2D eigenvalue weighted by atomic mass is 32.2. The largest absolute Gasteiger partial charge is 0.301 e. The van der Waals surface area contributed by atoms with Crippen LogP contribution in [0.1, 0.15) is 28.8 Å². The Morgan fingerprint density at radius 1 is 1.18 bits per heavy atom. The normalized spacial score (nSPS) is 14.2. The summed E-state index contributed by atoms with van der Waals surface area (Å²) < 4.78 is 0. The third kappa shape index (κ3) is 2.59. The standard InChI is InChI=1S/C17H16N2OS2/c20-15-14-12-8-4-5-9-13(12)22-16(14)19-17(18-15)21-10-11-6-2-1-3-7-11/h1-3,6-7H,4-5,8-10H2,(H,18,19,20). The van der Waals surface area contributed by atoms with Gasteiger partial charge in [-0.3, -0.25) is 4.79 Å². The molecule has 0 aliphatic heterocycles. The monoisotopic (exact) mass is 328 g/mol. The summed E-state index contributed by atoms with van der Waals surface area (Å²) in [6, 6.07) is 10.3. The number of hydrogen-bond donors (Lipinski definition) is 1. The zero-order valence-electron chi connectivity index (χ0n) is 12.1. The average molecular weight is 328 g/mol. The van der Waals surface area contributed by atoms with Gasteiger partial charge in [0.05, 0.1) is 5.39 Å². The number of aryl methyl sites for hydroxylation is 2. The van der Waals surface area contributed by atoms with Crippen molar-refractivity contribution in [3.05, 3.63) is 56.7 Å². The Balaban J connectivity index is 1.67. The topological polar surface area (TPSA) is 45.8 Å². The maximum atomic E-state index is 12.4. The van der Waals surface area contributed by atoms with Crippen LogP contribution in [0.25, 0.3) is 10.2 Å². The van der Waals surface area contributed by atoms with Crippen molar-refractivity contribution in [2.24, 2.45) is 0 Å². The van der Waals surface area contributed by atoms with Gasteiger partial charge in [-0.25, -0.2) is 4.98 Å². The zero-order valence-corrected chi connectivity index (χ0v) is 13.7. The van der Waals surface area contributed by atoms with E-state index in [9.17, 15) is 4.79 Å². The van der Waals surface area contributed by atoms with Crippen molar-refractivity contribution in [1.82, 2.24) is 9.97 Å². The first-order valence-corrected chi connectivity index (χ1v) is 9.33. The van der Waals surface area contributed by atoms with Gasteiger partial charge in [0, 0.05) is 10.6 Å². The van der Waals surface area contributed by atoms with Gasteiger partial charge < -0.3 is 4.98 Å². The molecule has 5 heteroatoms. The highest BCUT2D eigenvalue weighted by Crippen LogP contribution is 2.34. The lowest BCUT2D eigenvalue weighted by atomic mass is 9.97. The lowest BCUT2D eigenvalue weighted by molar-refractivity contribution is 0.700. The lowest BCUT2D eigenvalue weighted by Gasteiger charge is -2.09. The summed E-state index contributed by atoms with van der Waals surface area (Å²) in [7, 11) is 0. The van der Waals surface area contributed by atoms with E-state index in [1.807, 2.05) is 18.2 Å². The Morgan fingerprint density at radius 3 is 2.86 bits per heavy atom. The molecule has 0 saturated carbocycles. The van der Waals surface area contributed by atoms with Gasteiger partial charge in [-0.15, -0.1) is 11.3 Å². The van der Waals surface area contributed by atoms with E-state index in [-0.39, 0.29) is 5.56 Å². The number of nitrogens with one attached hydrogen (secondary N) is 1. The molecule has 112 valence electrons. The number of benzene rings is 1. The number of thioether (sulfide) groups is 1. The van der Waals surface area contributed by atoms with Crippen LogP contribution in [0.2, 0.25) is 0 Å². The maximum absolute atomic E-state index is 12.4. The van der Waals surface area contributed by atoms with E-state index < -0.39 is 0 Å². The Kier molecular flexibility index (Phi) is 3.76. The summed E-state index contributed by atoms with van der Waals surface area (Å²) in [5.41, 5.74) is 2.51. The summed E-state index contributed by atoms with van der Waals surface area (Å²) in [5.74, 6) is 0.820. The molecule has 2 heterocycles. The van der Waals surface area contributed by atoms with Crippen LogP contribution in [0.4, 0.5) is 0 Å². The molecule has 0 radical (unpaired) electrons. The summed E-state index contributed by atoms with van der Waals surface area (Å²) >= 11 is 3.29.